The van der Waals surface area contributed by atoms with Gasteiger partial charge in [-0.1, -0.05) is 11.6 Å². The number of hydrogen-bond acceptors (Lipinski definition) is 3. The van der Waals surface area contributed by atoms with Gasteiger partial charge in [0.25, 0.3) is 9.05 Å². The third-order valence-electron chi connectivity index (χ3n) is 2.59. The van der Waals surface area contributed by atoms with E-state index < -0.39 is 9.05 Å². The minimum Gasteiger partial charge on any atom is -0.294 e. The van der Waals surface area contributed by atoms with Gasteiger partial charge in [0.2, 0.25) is 0 Å². The van der Waals surface area contributed by atoms with Crippen LogP contribution >= 0.6 is 22.3 Å². The van der Waals surface area contributed by atoms with E-state index in [1.165, 1.54) is 12.1 Å². The average Bonchev–Trinajstić information content (AvgIpc) is 2.18. The Morgan fingerprint density at radius 3 is 2.50 bits per heavy atom. The molecule has 0 spiro atoms. The lowest BCUT2D eigenvalue weighted by Gasteiger charge is -2.18. The maximum atomic E-state index is 11.7. The first-order valence-corrected chi connectivity index (χ1v) is 7.39. The monoisotopic (exact) mass is 278 g/mol. The van der Waals surface area contributed by atoms with E-state index in [4.69, 9.17) is 22.3 Å². The molecule has 0 heterocycles. The van der Waals surface area contributed by atoms with Crippen LogP contribution in [0.3, 0.4) is 0 Å². The van der Waals surface area contributed by atoms with E-state index in [0.29, 0.717) is 29.8 Å². The van der Waals surface area contributed by atoms with Gasteiger partial charge in [-0.3, -0.25) is 4.79 Å². The predicted molar refractivity (Wildman–Crippen MR) is 61.8 cm³/mol. The number of hydrogen-bond donors (Lipinski definition) is 0. The second-order valence-electron chi connectivity index (χ2n) is 3.61. The highest BCUT2D eigenvalue weighted by Gasteiger charge is 2.27. The van der Waals surface area contributed by atoms with Gasteiger partial charge in [0.1, 0.15) is 0 Å². The zero-order valence-corrected chi connectivity index (χ0v) is 10.5. The SMILES string of the molecule is O=C1CCCc2c(Cl)ccc(S(=O)(=O)Cl)c21. The molecule has 0 aliphatic heterocycles. The van der Waals surface area contributed by atoms with E-state index in [0.717, 1.165) is 0 Å². The van der Waals surface area contributed by atoms with Gasteiger partial charge in [0.15, 0.2) is 5.78 Å². The number of fused-ring (bicyclic) bond motifs is 1. The molecule has 0 N–H and O–H groups in total. The molecule has 1 aliphatic carbocycles. The maximum absolute atomic E-state index is 11.7. The van der Waals surface area contributed by atoms with Crippen molar-refractivity contribution in [3.8, 4) is 0 Å². The molecular formula is C10H8Cl2O3S. The van der Waals surface area contributed by atoms with E-state index in [2.05, 4.69) is 0 Å². The Bertz CT molecular complexity index is 564. The summed E-state index contributed by atoms with van der Waals surface area (Å²) in [5, 5.41) is 0.423. The van der Waals surface area contributed by atoms with Crippen LogP contribution in [0.5, 0.6) is 0 Å². The first-order valence-electron chi connectivity index (χ1n) is 4.70. The smallest absolute Gasteiger partial charge is 0.262 e. The van der Waals surface area contributed by atoms with Crippen LogP contribution in [0.15, 0.2) is 17.0 Å². The Labute approximate surface area is 103 Å². The fourth-order valence-electron chi connectivity index (χ4n) is 1.90. The fourth-order valence-corrected chi connectivity index (χ4v) is 3.25. The molecule has 0 saturated carbocycles. The van der Waals surface area contributed by atoms with Gasteiger partial charge in [0, 0.05) is 27.7 Å². The van der Waals surface area contributed by atoms with Crippen LogP contribution in [0.25, 0.3) is 0 Å². The summed E-state index contributed by atoms with van der Waals surface area (Å²) >= 11 is 5.94. The molecule has 2 rings (SSSR count). The fraction of sp³-hybridized carbons (Fsp3) is 0.300. The summed E-state index contributed by atoms with van der Waals surface area (Å²) in [6.45, 7) is 0. The summed E-state index contributed by atoms with van der Waals surface area (Å²) in [6, 6.07) is 2.75. The van der Waals surface area contributed by atoms with E-state index in [1.54, 1.807) is 0 Å². The topological polar surface area (TPSA) is 51.2 Å². The molecule has 3 nitrogen and oxygen atoms in total. The van der Waals surface area contributed by atoms with Crippen molar-refractivity contribution in [1.82, 2.24) is 0 Å². The summed E-state index contributed by atoms with van der Waals surface area (Å²) < 4.78 is 22.7. The third-order valence-corrected chi connectivity index (χ3v) is 4.31. The number of ketones is 1. The number of benzene rings is 1. The van der Waals surface area contributed by atoms with Crippen LogP contribution in [0.4, 0.5) is 0 Å². The minimum absolute atomic E-state index is 0.127. The molecule has 0 fully saturated rings. The molecular weight excluding hydrogens is 271 g/mol. The Morgan fingerprint density at radius 2 is 1.88 bits per heavy atom. The van der Waals surface area contributed by atoms with Crippen LogP contribution < -0.4 is 0 Å². The summed E-state index contributed by atoms with van der Waals surface area (Å²) in [5.41, 5.74) is 0.772. The molecule has 86 valence electrons. The molecule has 0 bridgehead atoms. The number of rotatable bonds is 1. The lowest BCUT2D eigenvalue weighted by atomic mass is 9.90. The summed E-state index contributed by atoms with van der Waals surface area (Å²) in [7, 11) is 1.39. The molecule has 0 aromatic heterocycles. The van der Waals surface area contributed by atoms with Crippen molar-refractivity contribution >= 4 is 37.1 Å². The highest BCUT2D eigenvalue weighted by molar-refractivity contribution is 8.13. The van der Waals surface area contributed by atoms with Crippen molar-refractivity contribution in [2.75, 3.05) is 0 Å². The normalized spacial score (nSPS) is 16.0. The first-order chi connectivity index (χ1) is 7.41. The molecule has 0 amide bonds. The number of carbonyl (C=O) groups excluding carboxylic acids is 1. The van der Waals surface area contributed by atoms with Gasteiger partial charge < -0.3 is 0 Å². The van der Waals surface area contributed by atoms with E-state index in [-0.39, 0.29) is 16.2 Å². The van der Waals surface area contributed by atoms with E-state index in [1.807, 2.05) is 0 Å². The lowest BCUT2D eigenvalue weighted by Crippen LogP contribution is -2.15. The second kappa shape index (κ2) is 4.02. The highest BCUT2D eigenvalue weighted by Crippen LogP contribution is 2.33. The van der Waals surface area contributed by atoms with Crippen LogP contribution in [0.2, 0.25) is 5.02 Å². The van der Waals surface area contributed by atoms with Gasteiger partial charge in [-0.05, 0) is 30.5 Å². The minimum atomic E-state index is -3.90. The Morgan fingerprint density at radius 1 is 1.19 bits per heavy atom. The van der Waals surface area contributed by atoms with Gasteiger partial charge >= 0.3 is 0 Å². The molecule has 0 saturated heterocycles. The maximum Gasteiger partial charge on any atom is 0.262 e. The first kappa shape index (κ1) is 11.9. The summed E-state index contributed by atoms with van der Waals surface area (Å²) in [6.07, 6.45) is 1.64. The third kappa shape index (κ3) is 1.97. The molecule has 0 atom stereocenters. The molecule has 0 radical (unpaired) electrons. The average molecular weight is 279 g/mol. The molecule has 1 aliphatic rings. The Balaban J connectivity index is 2.80. The van der Waals surface area contributed by atoms with Crippen LogP contribution in [-0.4, -0.2) is 14.2 Å². The summed E-state index contributed by atoms with van der Waals surface area (Å²) in [4.78, 5) is 11.6. The van der Waals surface area contributed by atoms with Crippen LogP contribution in [0, 0.1) is 0 Å². The molecule has 6 heteroatoms. The van der Waals surface area contributed by atoms with E-state index in [9.17, 15) is 13.2 Å². The van der Waals surface area contributed by atoms with Gasteiger partial charge in [-0.2, -0.15) is 0 Å². The molecule has 16 heavy (non-hydrogen) atoms. The zero-order valence-electron chi connectivity index (χ0n) is 8.16. The quantitative estimate of drug-likeness (QED) is 0.743. The zero-order chi connectivity index (χ0) is 11.9. The summed E-state index contributed by atoms with van der Waals surface area (Å²) in [5.74, 6) is -0.206. The van der Waals surface area contributed by atoms with Gasteiger partial charge in [0.05, 0.1) is 4.90 Å². The van der Waals surface area contributed by atoms with Crippen LogP contribution in [-0.2, 0) is 15.5 Å². The van der Waals surface area contributed by atoms with Crippen molar-refractivity contribution in [1.29, 1.82) is 0 Å². The van der Waals surface area contributed by atoms with Crippen LogP contribution in [0.1, 0.15) is 28.8 Å². The predicted octanol–water partition coefficient (Wildman–Crippen LogP) is 2.79. The van der Waals surface area contributed by atoms with Crippen molar-refractivity contribution in [2.45, 2.75) is 24.2 Å². The second-order valence-corrected chi connectivity index (χ2v) is 6.56. The van der Waals surface area contributed by atoms with Gasteiger partial charge in [-0.15, -0.1) is 0 Å². The van der Waals surface area contributed by atoms with Crippen molar-refractivity contribution in [2.24, 2.45) is 0 Å². The van der Waals surface area contributed by atoms with Gasteiger partial charge in [-0.25, -0.2) is 8.42 Å². The Hall–Kier alpha value is -0.580. The molecule has 1 aromatic rings. The Kier molecular flexibility index (Phi) is 2.99. The number of Topliss-reactive ketones (excluding diaryl/α,β-unsaturated/α-hetero) is 1. The number of carbonyl (C=O) groups is 1. The van der Waals surface area contributed by atoms with Crippen molar-refractivity contribution < 1.29 is 13.2 Å². The largest absolute Gasteiger partial charge is 0.294 e. The van der Waals surface area contributed by atoms with E-state index >= 15 is 0 Å². The molecule has 0 unspecified atom stereocenters. The standard InChI is InChI=1S/C10H8Cl2O3S/c11-7-4-5-9(16(12,14)15)10-6(7)2-1-3-8(10)13/h4-5H,1-3H2. The highest BCUT2D eigenvalue weighted by atomic mass is 35.7. The number of halogens is 2. The molecule has 1 aromatic carbocycles. The van der Waals surface area contributed by atoms with Crippen molar-refractivity contribution in [3.63, 3.8) is 0 Å². The van der Waals surface area contributed by atoms with Crippen molar-refractivity contribution in [3.05, 3.63) is 28.3 Å². The lowest BCUT2D eigenvalue weighted by molar-refractivity contribution is 0.0969.